The summed E-state index contributed by atoms with van der Waals surface area (Å²) in [5.74, 6) is 0.258. The van der Waals surface area contributed by atoms with Gasteiger partial charge in [-0.15, -0.1) is 11.3 Å². The molecule has 0 unspecified atom stereocenters. The van der Waals surface area contributed by atoms with Crippen molar-refractivity contribution >= 4 is 17.2 Å². The number of carbonyl (C=O) groups is 1. The first-order valence-electron chi connectivity index (χ1n) is 7.43. The molecule has 104 valence electrons. The highest BCUT2D eigenvalue weighted by Crippen LogP contribution is 2.31. The second kappa shape index (κ2) is 5.63. The van der Waals surface area contributed by atoms with Crippen molar-refractivity contribution in [3.63, 3.8) is 0 Å². The maximum Gasteiger partial charge on any atom is 0.264 e. The first-order valence-corrected chi connectivity index (χ1v) is 8.24. The smallest absolute Gasteiger partial charge is 0.264 e. The molecule has 0 bridgehead atoms. The van der Waals surface area contributed by atoms with Crippen LogP contribution in [0.2, 0.25) is 0 Å². The number of amides is 1. The molecule has 1 aromatic rings. The van der Waals surface area contributed by atoms with Gasteiger partial charge in [-0.2, -0.15) is 0 Å². The molecule has 2 heterocycles. The van der Waals surface area contributed by atoms with E-state index in [4.69, 9.17) is 0 Å². The highest BCUT2D eigenvalue weighted by atomic mass is 32.1. The van der Waals surface area contributed by atoms with E-state index in [9.17, 15) is 4.79 Å². The molecule has 1 aliphatic heterocycles. The number of carbonyl (C=O) groups excluding carboxylic acids is 1. The molecule has 1 N–H and O–H groups in total. The molecule has 4 heteroatoms. The number of thiophene rings is 1. The predicted octanol–water partition coefficient (Wildman–Crippen LogP) is 2.45. The fraction of sp³-hybridized carbons (Fsp3) is 0.667. The average Bonchev–Trinajstić information content (AvgIpc) is 3.01. The molecule has 0 aromatic carbocycles. The van der Waals surface area contributed by atoms with Gasteiger partial charge in [0.15, 0.2) is 0 Å². The van der Waals surface area contributed by atoms with Gasteiger partial charge in [-0.1, -0.05) is 0 Å². The van der Waals surface area contributed by atoms with Crippen molar-refractivity contribution in [2.75, 3.05) is 19.6 Å². The molecule has 2 aliphatic rings. The fourth-order valence-corrected chi connectivity index (χ4v) is 4.47. The molecule has 0 saturated carbocycles. The molecule has 3 rings (SSSR count). The van der Waals surface area contributed by atoms with Gasteiger partial charge in [0.05, 0.1) is 4.88 Å². The SMILES string of the molecule is CCN(C(=O)c1cc2c(s1)CCC2)C1CCNCC1. The third kappa shape index (κ3) is 2.56. The summed E-state index contributed by atoms with van der Waals surface area (Å²) < 4.78 is 0. The lowest BCUT2D eigenvalue weighted by Gasteiger charge is -2.33. The zero-order chi connectivity index (χ0) is 13.2. The Labute approximate surface area is 119 Å². The van der Waals surface area contributed by atoms with Crippen molar-refractivity contribution < 1.29 is 4.79 Å². The van der Waals surface area contributed by atoms with E-state index in [0.717, 1.165) is 37.4 Å². The summed E-state index contributed by atoms with van der Waals surface area (Å²) in [6.45, 7) is 5.00. The van der Waals surface area contributed by atoms with E-state index in [1.54, 1.807) is 11.3 Å². The highest BCUT2D eigenvalue weighted by Gasteiger charge is 2.27. The maximum absolute atomic E-state index is 12.7. The number of aryl methyl sites for hydroxylation is 2. The summed E-state index contributed by atoms with van der Waals surface area (Å²) in [5.41, 5.74) is 1.43. The summed E-state index contributed by atoms with van der Waals surface area (Å²) in [4.78, 5) is 17.2. The number of nitrogens with one attached hydrogen (secondary N) is 1. The molecule has 1 fully saturated rings. The van der Waals surface area contributed by atoms with Gasteiger partial charge >= 0.3 is 0 Å². The van der Waals surface area contributed by atoms with Crippen LogP contribution in [0.5, 0.6) is 0 Å². The van der Waals surface area contributed by atoms with Gasteiger partial charge < -0.3 is 10.2 Å². The molecular weight excluding hydrogens is 256 g/mol. The molecule has 0 radical (unpaired) electrons. The number of hydrogen-bond donors (Lipinski definition) is 1. The first kappa shape index (κ1) is 13.1. The van der Waals surface area contributed by atoms with Gasteiger partial charge in [0.2, 0.25) is 0 Å². The van der Waals surface area contributed by atoms with E-state index in [-0.39, 0.29) is 5.91 Å². The van der Waals surface area contributed by atoms with E-state index in [1.807, 2.05) is 0 Å². The van der Waals surface area contributed by atoms with Crippen LogP contribution in [0.15, 0.2) is 6.07 Å². The van der Waals surface area contributed by atoms with Crippen LogP contribution < -0.4 is 5.32 Å². The van der Waals surface area contributed by atoms with Crippen molar-refractivity contribution in [1.82, 2.24) is 10.2 Å². The van der Waals surface area contributed by atoms with Crippen molar-refractivity contribution in [1.29, 1.82) is 0 Å². The fourth-order valence-electron chi connectivity index (χ4n) is 3.26. The van der Waals surface area contributed by atoms with Crippen molar-refractivity contribution in [2.45, 2.75) is 45.1 Å². The lowest BCUT2D eigenvalue weighted by Crippen LogP contribution is -2.45. The summed E-state index contributed by atoms with van der Waals surface area (Å²) in [6, 6.07) is 2.58. The van der Waals surface area contributed by atoms with Crippen LogP contribution >= 0.6 is 11.3 Å². The Hall–Kier alpha value is -0.870. The molecule has 1 saturated heterocycles. The topological polar surface area (TPSA) is 32.3 Å². The van der Waals surface area contributed by atoms with Crippen LogP contribution in [0, 0.1) is 0 Å². The third-order valence-electron chi connectivity index (χ3n) is 4.31. The quantitative estimate of drug-likeness (QED) is 0.921. The first-order chi connectivity index (χ1) is 9.29. The zero-order valence-electron chi connectivity index (χ0n) is 11.6. The maximum atomic E-state index is 12.7. The minimum Gasteiger partial charge on any atom is -0.335 e. The Kier molecular flexibility index (Phi) is 3.89. The van der Waals surface area contributed by atoms with Crippen molar-refractivity contribution in [2.24, 2.45) is 0 Å². The number of piperidine rings is 1. The Balaban J connectivity index is 1.76. The minimum atomic E-state index is 0.258. The normalized spacial score (nSPS) is 19.4. The zero-order valence-corrected chi connectivity index (χ0v) is 12.4. The lowest BCUT2D eigenvalue weighted by atomic mass is 10.0. The average molecular weight is 278 g/mol. The highest BCUT2D eigenvalue weighted by molar-refractivity contribution is 7.14. The monoisotopic (exact) mass is 278 g/mol. The van der Waals surface area contributed by atoms with Gasteiger partial charge in [-0.25, -0.2) is 0 Å². The number of rotatable bonds is 3. The van der Waals surface area contributed by atoms with Crippen LogP contribution in [0.4, 0.5) is 0 Å². The van der Waals surface area contributed by atoms with Gasteiger partial charge in [-0.05, 0) is 63.7 Å². The summed E-state index contributed by atoms with van der Waals surface area (Å²) in [6.07, 6.45) is 5.78. The predicted molar refractivity (Wildman–Crippen MR) is 78.9 cm³/mol. The largest absolute Gasteiger partial charge is 0.335 e. The molecule has 0 atom stereocenters. The second-order valence-electron chi connectivity index (χ2n) is 5.48. The molecule has 1 aromatic heterocycles. The lowest BCUT2D eigenvalue weighted by molar-refractivity contribution is 0.0661. The number of fused-ring (bicyclic) bond motifs is 1. The standard InChI is InChI=1S/C15H22N2OS/c1-2-17(12-6-8-16-9-7-12)15(18)14-10-11-4-3-5-13(11)19-14/h10,12,16H,2-9H2,1H3. The Bertz CT molecular complexity index is 441. The Morgan fingerprint density at radius 1 is 1.42 bits per heavy atom. The van der Waals surface area contributed by atoms with Crippen LogP contribution in [0.1, 0.15) is 46.3 Å². The van der Waals surface area contributed by atoms with Gasteiger partial charge in [0.25, 0.3) is 5.91 Å². The summed E-state index contributed by atoms with van der Waals surface area (Å²) in [5, 5.41) is 3.37. The molecule has 1 aliphatic carbocycles. The molecule has 1 amide bonds. The van der Waals surface area contributed by atoms with Crippen LogP contribution in [0.25, 0.3) is 0 Å². The molecular formula is C15H22N2OS. The number of nitrogens with zero attached hydrogens (tertiary/aromatic N) is 1. The van der Waals surface area contributed by atoms with Crippen molar-refractivity contribution in [3.8, 4) is 0 Å². The van der Waals surface area contributed by atoms with Crippen LogP contribution in [0.3, 0.4) is 0 Å². The van der Waals surface area contributed by atoms with Gasteiger partial charge in [-0.3, -0.25) is 4.79 Å². The summed E-state index contributed by atoms with van der Waals surface area (Å²) in [7, 11) is 0. The van der Waals surface area contributed by atoms with E-state index in [0.29, 0.717) is 6.04 Å². The van der Waals surface area contributed by atoms with Crippen molar-refractivity contribution in [3.05, 3.63) is 21.4 Å². The van der Waals surface area contributed by atoms with E-state index < -0.39 is 0 Å². The third-order valence-corrected chi connectivity index (χ3v) is 5.53. The number of hydrogen-bond acceptors (Lipinski definition) is 3. The van der Waals surface area contributed by atoms with Gasteiger partial charge in [0.1, 0.15) is 0 Å². The van der Waals surface area contributed by atoms with E-state index in [1.165, 1.54) is 29.7 Å². The Morgan fingerprint density at radius 3 is 2.89 bits per heavy atom. The molecule has 19 heavy (non-hydrogen) atoms. The second-order valence-corrected chi connectivity index (χ2v) is 6.62. The minimum absolute atomic E-state index is 0.258. The molecule has 0 spiro atoms. The van der Waals surface area contributed by atoms with E-state index >= 15 is 0 Å². The van der Waals surface area contributed by atoms with Crippen LogP contribution in [-0.4, -0.2) is 36.5 Å². The Morgan fingerprint density at radius 2 is 2.21 bits per heavy atom. The van der Waals surface area contributed by atoms with E-state index in [2.05, 4.69) is 23.2 Å². The summed E-state index contributed by atoms with van der Waals surface area (Å²) >= 11 is 1.73. The molecule has 3 nitrogen and oxygen atoms in total. The van der Waals surface area contributed by atoms with Gasteiger partial charge in [0, 0.05) is 17.5 Å². The van der Waals surface area contributed by atoms with Crippen LogP contribution in [-0.2, 0) is 12.8 Å².